The second-order valence-corrected chi connectivity index (χ2v) is 7.01. The van der Waals surface area contributed by atoms with Crippen molar-refractivity contribution in [2.45, 2.75) is 18.7 Å². The van der Waals surface area contributed by atoms with Crippen LogP contribution in [0.3, 0.4) is 0 Å². The van der Waals surface area contributed by atoms with Crippen LogP contribution < -0.4 is 9.62 Å². The Morgan fingerprint density at radius 3 is 2.17 bits per heavy atom. The van der Waals surface area contributed by atoms with Crippen molar-refractivity contribution in [3.63, 3.8) is 0 Å². The Bertz CT molecular complexity index is 876. The number of hydrogen-bond acceptors (Lipinski definition) is 4. The molecule has 0 atom stereocenters. The average Bonchev–Trinajstić information content (AvgIpc) is 2.54. The summed E-state index contributed by atoms with van der Waals surface area (Å²) < 4.78 is 27.4. The average molecular weight is 350 g/mol. The predicted octanol–water partition coefficient (Wildman–Crippen LogP) is 2.92. The molecule has 2 rings (SSSR count). The van der Waals surface area contributed by atoms with Crippen molar-refractivity contribution in [2.75, 3.05) is 16.7 Å². The number of nitrogens with one attached hydrogen (secondary N) is 1. The van der Waals surface area contributed by atoms with E-state index in [0.717, 1.165) is 4.90 Å². The molecule has 0 aliphatic rings. The fourth-order valence-corrected chi connectivity index (χ4v) is 3.20. The molecule has 0 aliphatic carbocycles. The van der Waals surface area contributed by atoms with Crippen LogP contribution in [0.4, 0.5) is 16.2 Å². The van der Waals surface area contributed by atoms with Crippen LogP contribution >= 0.6 is 0 Å². The minimum absolute atomic E-state index is 0.00941. The van der Waals surface area contributed by atoms with E-state index in [0.29, 0.717) is 22.5 Å². The third-order valence-electron chi connectivity index (χ3n) is 3.82. The molecular weight excluding hydrogens is 332 g/mol. The molecule has 0 fully saturated rings. The number of aromatic hydroxyl groups is 1. The summed E-state index contributed by atoms with van der Waals surface area (Å²) >= 11 is 0. The molecule has 1 amide bonds. The SMILES string of the molecule is Cc1c(O)ccc(NS(=O)(=O)c2ccc(N(C)C(=O)O)cc2)c1C. The van der Waals surface area contributed by atoms with Gasteiger partial charge in [-0.05, 0) is 61.4 Å². The van der Waals surface area contributed by atoms with Crippen LogP contribution in [0, 0.1) is 13.8 Å². The molecule has 2 aromatic rings. The number of hydrogen-bond donors (Lipinski definition) is 3. The lowest BCUT2D eigenvalue weighted by Crippen LogP contribution is -2.23. The molecule has 7 nitrogen and oxygen atoms in total. The summed E-state index contributed by atoms with van der Waals surface area (Å²) in [5.41, 5.74) is 1.95. The molecule has 0 radical (unpaired) electrons. The molecule has 0 bridgehead atoms. The third-order valence-corrected chi connectivity index (χ3v) is 5.21. The van der Waals surface area contributed by atoms with Gasteiger partial charge in [-0.25, -0.2) is 13.2 Å². The number of amides is 1. The zero-order valence-corrected chi connectivity index (χ0v) is 14.3. The Kier molecular flexibility index (Phi) is 4.70. The number of benzene rings is 2. The van der Waals surface area contributed by atoms with E-state index in [1.165, 1.54) is 43.4 Å². The summed E-state index contributed by atoms with van der Waals surface area (Å²) in [4.78, 5) is 11.9. The largest absolute Gasteiger partial charge is 0.508 e. The van der Waals surface area contributed by atoms with Crippen molar-refractivity contribution >= 4 is 27.5 Å². The maximum atomic E-state index is 12.5. The van der Waals surface area contributed by atoms with Gasteiger partial charge in [0, 0.05) is 12.7 Å². The third kappa shape index (κ3) is 3.43. The van der Waals surface area contributed by atoms with Crippen LogP contribution in [0.2, 0.25) is 0 Å². The molecule has 2 aromatic carbocycles. The Morgan fingerprint density at radius 2 is 1.62 bits per heavy atom. The molecule has 0 unspecified atom stereocenters. The van der Waals surface area contributed by atoms with E-state index in [1.807, 2.05) is 0 Å². The maximum Gasteiger partial charge on any atom is 0.411 e. The normalized spacial score (nSPS) is 11.1. The highest BCUT2D eigenvalue weighted by molar-refractivity contribution is 7.92. The fourth-order valence-electron chi connectivity index (χ4n) is 2.08. The maximum absolute atomic E-state index is 12.5. The van der Waals surface area contributed by atoms with Crippen molar-refractivity contribution < 1.29 is 23.4 Å². The molecule has 0 aromatic heterocycles. The Morgan fingerprint density at radius 1 is 1.04 bits per heavy atom. The van der Waals surface area contributed by atoms with Gasteiger partial charge in [0.05, 0.1) is 10.6 Å². The van der Waals surface area contributed by atoms with Crippen molar-refractivity contribution in [1.82, 2.24) is 0 Å². The highest BCUT2D eigenvalue weighted by Crippen LogP contribution is 2.28. The fraction of sp³-hybridized carbons (Fsp3) is 0.188. The number of phenols is 1. The van der Waals surface area contributed by atoms with Crippen molar-refractivity contribution in [3.05, 3.63) is 47.5 Å². The number of anilines is 2. The Balaban J connectivity index is 2.31. The van der Waals surface area contributed by atoms with E-state index in [4.69, 9.17) is 5.11 Å². The molecule has 128 valence electrons. The van der Waals surface area contributed by atoms with Crippen LogP contribution in [0.1, 0.15) is 11.1 Å². The van der Waals surface area contributed by atoms with Gasteiger partial charge in [0.1, 0.15) is 5.75 Å². The number of rotatable bonds is 4. The molecule has 0 spiro atoms. The summed E-state index contributed by atoms with van der Waals surface area (Å²) in [5.74, 6) is 0.0940. The van der Waals surface area contributed by atoms with Crippen molar-refractivity contribution in [2.24, 2.45) is 0 Å². The van der Waals surface area contributed by atoms with E-state index < -0.39 is 16.1 Å². The van der Waals surface area contributed by atoms with Crippen LogP contribution in [-0.4, -0.2) is 31.8 Å². The van der Waals surface area contributed by atoms with Gasteiger partial charge in [0.25, 0.3) is 10.0 Å². The monoisotopic (exact) mass is 350 g/mol. The predicted molar refractivity (Wildman–Crippen MR) is 91.3 cm³/mol. The standard InChI is InChI=1S/C16H18N2O5S/c1-10-11(2)15(19)9-8-14(10)17-24(22,23)13-6-4-12(5-7-13)18(3)16(20)21/h4-9,17,19H,1-3H3,(H,20,21). The lowest BCUT2D eigenvalue weighted by atomic mass is 10.1. The minimum Gasteiger partial charge on any atom is -0.508 e. The second-order valence-electron chi connectivity index (χ2n) is 5.32. The lowest BCUT2D eigenvalue weighted by Gasteiger charge is -2.15. The van der Waals surface area contributed by atoms with Crippen LogP contribution in [0.15, 0.2) is 41.3 Å². The Hall–Kier alpha value is -2.74. The van der Waals surface area contributed by atoms with E-state index in [-0.39, 0.29) is 10.6 Å². The highest BCUT2D eigenvalue weighted by Gasteiger charge is 2.17. The molecule has 8 heteroatoms. The van der Waals surface area contributed by atoms with Gasteiger partial charge >= 0.3 is 6.09 Å². The number of sulfonamides is 1. The van der Waals surface area contributed by atoms with Gasteiger partial charge in [0.2, 0.25) is 0 Å². The van der Waals surface area contributed by atoms with Gasteiger partial charge in [-0.15, -0.1) is 0 Å². The zero-order chi connectivity index (χ0) is 18.1. The molecule has 0 aliphatic heterocycles. The first-order valence-corrected chi connectivity index (χ1v) is 8.50. The second kappa shape index (κ2) is 6.40. The van der Waals surface area contributed by atoms with E-state index in [9.17, 15) is 18.3 Å². The Labute approximate surface area is 140 Å². The minimum atomic E-state index is -3.83. The molecule has 0 saturated carbocycles. The summed E-state index contributed by atoms with van der Waals surface area (Å²) in [5, 5.41) is 18.6. The molecule has 24 heavy (non-hydrogen) atoms. The highest BCUT2D eigenvalue weighted by atomic mass is 32.2. The first-order chi connectivity index (χ1) is 11.1. The quantitative estimate of drug-likeness (QED) is 0.735. The summed E-state index contributed by atoms with van der Waals surface area (Å²) in [6.07, 6.45) is -1.14. The first-order valence-electron chi connectivity index (χ1n) is 7.02. The molecule has 0 heterocycles. The van der Waals surface area contributed by atoms with Gasteiger partial charge < -0.3 is 10.2 Å². The number of phenolic OH excluding ortho intramolecular Hbond substituents is 1. The summed E-state index contributed by atoms with van der Waals surface area (Å²) in [7, 11) is -2.46. The van der Waals surface area contributed by atoms with Crippen LogP contribution in [0.5, 0.6) is 5.75 Å². The van der Waals surface area contributed by atoms with E-state index in [1.54, 1.807) is 13.8 Å². The van der Waals surface area contributed by atoms with Crippen LogP contribution in [-0.2, 0) is 10.0 Å². The molecule has 3 N–H and O–H groups in total. The lowest BCUT2D eigenvalue weighted by molar-refractivity contribution is 0.203. The van der Waals surface area contributed by atoms with E-state index >= 15 is 0 Å². The number of carbonyl (C=O) groups is 1. The van der Waals surface area contributed by atoms with Gasteiger partial charge in [-0.3, -0.25) is 9.62 Å². The number of nitrogens with zero attached hydrogens (tertiary/aromatic N) is 1. The van der Waals surface area contributed by atoms with Gasteiger partial charge in [0.15, 0.2) is 0 Å². The first kappa shape index (κ1) is 17.6. The van der Waals surface area contributed by atoms with Gasteiger partial charge in [-0.2, -0.15) is 0 Å². The van der Waals surface area contributed by atoms with Crippen molar-refractivity contribution in [1.29, 1.82) is 0 Å². The summed E-state index contributed by atoms with van der Waals surface area (Å²) in [6.45, 7) is 3.40. The number of carboxylic acid groups (broad SMARTS) is 1. The topological polar surface area (TPSA) is 107 Å². The van der Waals surface area contributed by atoms with Crippen LogP contribution in [0.25, 0.3) is 0 Å². The molecule has 0 saturated heterocycles. The van der Waals surface area contributed by atoms with E-state index in [2.05, 4.69) is 4.72 Å². The van der Waals surface area contributed by atoms with Gasteiger partial charge in [-0.1, -0.05) is 0 Å². The summed E-state index contributed by atoms with van der Waals surface area (Å²) in [6, 6.07) is 8.40. The zero-order valence-electron chi connectivity index (χ0n) is 13.4. The molecular formula is C16H18N2O5S. The smallest absolute Gasteiger partial charge is 0.411 e. The van der Waals surface area contributed by atoms with Crippen molar-refractivity contribution in [3.8, 4) is 5.75 Å².